The number of hydrogen-bond acceptors (Lipinski definition) is 4. The lowest BCUT2D eigenvalue weighted by Crippen LogP contribution is -2.42. The van der Waals surface area contributed by atoms with Gasteiger partial charge in [0, 0.05) is 21.4 Å². The Bertz CT molecular complexity index is 568. The molecule has 0 saturated heterocycles. The molecule has 0 aliphatic carbocycles. The van der Waals surface area contributed by atoms with Gasteiger partial charge in [0.2, 0.25) is 0 Å². The Morgan fingerprint density at radius 2 is 2.13 bits per heavy atom. The van der Waals surface area contributed by atoms with Crippen LogP contribution in [0, 0.1) is 5.82 Å². The van der Waals surface area contributed by atoms with Crippen LogP contribution in [0.1, 0.15) is 45.7 Å². The van der Waals surface area contributed by atoms with Crippen molar-refractivity contribution in [3.05, 3.63) is 33.0 Å². The largest absolute Gasteiger partial charge is 0.598 e. The van der Waals surface area contributed by atoms with E-state index in [-0.39, 0.29) is 23.6 Å². The van der Waals surface area contributed by atoms with E-state index in [9.17, 15) is 13.7 Å². The fourth-order valence-electron chi connectivity index (χ4n) is 1.74. The number of benzene rings is 1. The van der Waals surface area contributed by atoms with Crippen molar-refractivity contribution in [1.29, 1.82) is 0 Å². The normalized spacial score (nSPS) is 14.4. The SMILES string of the molecule is CCOC(=O)C[C@H](N[S+]([O-])C(C)(C)C)c1cc(Br)cc(Cl)c1F. The van der Waals surface area contributed by atoms with Crippen LogP contribution < -0.4 is 4.72 Å². The first-order valence-electron chi connectivity index (χ1n) is 7.04. The van der Waals surface area contributed by atoms with E-state index in [1.54, 1.807) is 27.7 Å². The van der Waals surface area contributed by atoms with Crippen LogP contribution in [0.4, 0.5) is 4.39 Å². The minimum atomic E-state index is -1.49. The molecule has 23 heavy (non-hydrogen) atoms. The number of halogens is 3. The van der Waals surface area contributed by atoms with Crippen LogP contribution in [-0.2, 0) is 20.9 Å². The van der Waals surface area contributed by atoms with E-state index in [1.807, 2.05) is 0 Å². The number of carbonyl (C=O) groups excluding carboxylic acids is 1. The van der Waals surface area contributed by atoms with E-state index in [0.29, 0.717) is 4.47 Å². The maximum atomic E-state index is 14.4. The van der Waals surface area contributed by atoms with Crippen molar-refractivity contribution in [2.45, 2.75) is 44.9 Å². The summed E-state index contributed by atoms with van der Waals surface area (Å²) in [6.45, 7) is 7.24. The summed E-state index contributed by atoms with van der Waals surface area (Å²) in [5, 5.41) is -0.0772. The van der Waals surface area contributed by atoms with Gasteiger partial charge in [-0.15, -0.1) is 4.72 Å². The molecule has 0 aromatic heterocycles. The molecule has 130 valence electrons. The molecule has 1 aromatic rings. The van der Waals surface area contributed by atoms with Gasteiger partial charge in [0.05, 0.1) is 24.1 Å². The first kappa shape index (κ1) is 20.7. The molecule has 0 aliphatic rings. The molecule has 1 rings (SSSR count). The third kappa shape index (κ3) is 6.23. The average molecular weight is 429 g/mol. The highest BCUT2D eigenvalue weighted by molar-refractivity contribution is 9.10. The highest BCUT2D eigenvalue weighted by Crippen LogP contribution is 2.31. The molecule has 8 heteroatoms. The van der Waals surface area contributed by atoms with Crippen LogP contribution in [0.15, 0.2) is 16.6 Å². The summed E-state index contributed by atoms with van der Waals surface area (Å²) < 4.78 is 34.4. The fraction of sp³-hybridized carbons (Fsp3) is 0.533. The summed E-state index contributed by atoms with van der Waals surface area (Å²) in [6, 6.07) is 2.12. The van der Waals surface area contributed by atoms with Crippen LogP contribution in [0.2, 0.25) is 5.02 Å². The van der Waals surface area contributed by atoms with Gasteiger partial charge in [0.1, 0.15) is 10.6 Å². The molecule has 0 aliphatic heterocycles. The van der Waals surface area contributed by atoms with E-state index in [4.69, 9.17) is 16.3 Å². The minimum Gasteiger partial charge on any atom is -0.598 e. The highest BCUT2D eigenvalue weighted by Gasteiger charge is 2.32. The molecular formula is C15H20BrClFNO3S. The van der Waals surface area contributed by atoms with Gasteiger partial charge in [0.15, 0.2) is 0 Å². The maximum absolute atomic E-state index is 14.4. The molecule has 4 nitrogen and oxygen atoms in total. The average Bonchev–Trinajstić information content (AvgIpc) is 2.41. The third-order valence-electron chi connectivity index (χ3n) is 2.88. The predicted molar refractivity (Wildman–Crippen MR) is 94.1 cm³/mol. The van der Waals surface area contributed by atoms with Gasteiger partial charge < -0.3 is 9.29 Å². The number of esters is 1. The number of carbonyl (C=O) groups is 1. The zero-order valence-electron chi connectivity index (χ0n) is 13.4. The quantitative estimate of drug-likeness (QED) is 0.417. The monoisotopic (exact) mass is 427 g/mol. The summed E-state index contributed by atoms with van der Waals surface area (Å²) in [5.74, 6) is -1.16. The van der Waals surface area contributed by atoms with Gasteiger partial charge in [-0.2, -0.15) is 0 Å². The van der Waals surface area contributed by atoms with Gasteiger partial charge in [-0.25, -0.2) is 4.39 Å². The maximum Gasteiger partial charge on any atom is 0.307 e. The Morgan fingerprint density at radius 3 is 2.65 bits per heavy atom. The smallest absolute Gasteiger partial charge is 0.307 e. The third-order valence-corrected chi connectivity index (χ3v) is 5.22. The van der Waals surface area contributed by atoms with E-state index >= 15 is 0 Å². The van der Waals surface area contributed by atoms with Crippen LogP contribution in [-0.4, -0.2) is 21.9 Å². The van der Waals surface area contributed by atoms with Crippen molar-refractivity contribution in [2.75, 3.05) is 6.61 Å². The number of ether oxygens (including phenoxy) is 1. The lowest BCUT2D eigenvalue weighted by Gasteiger charge is -2.28. The van der Waals surface area contributed by atoms with E-state index < -0.39 is 33.9 Å². The second-order valence-corrected chi connectivity index (χ2v) is 9.17. The zero-order valence-corrected chi connectivity index (χ0v) is 16.6. The standard InChI is InChI=1S/C15H20BrClFNO3S/c1-5-22-13(20)8-12(19-23(21)15(2,3)4)10-6-9(16)7-11(17)14(10)18/h6-7,12,19H,5,8H2,1-4H3/t12-,23?/m0/s1. The van der Waals surface area contributed by atoms with E-state index in [1.165, 1.54) is 12.1 Å². The van der Waals surface area contributed by atoms with Crippen LogP contribution in [0.5, 0.6) is 0 Å². The van der Waals surface area contributed by atoms with Crippen molar-refractivity contribution in [3.63, 3.8) is 0 Å². The summed E-state index contributed by atoms with van der Waals surface area (Å²) in [7, 11) is 0. The lowest BCUT2D eigenvalue weighted by atomic mass is 10.0. The molecule has 1 unspecified atom stereocenters. The minimum absolute atomic E-state index is 0.0772. The van der Waals surface area contributed by atoms with Crippen molar-refractivity contribution in [1.82, 2.24) is 4.72 Å². The molecule has 0 spiro atoms. The zero-order chi connectivity index (χ0) is 17.8. The molecule has 0 heterocycles. The Kier molecular flexibility index (Phi) is 7.80. The summed E-state index contributed by atoms with van der Waals surface area (Å²) in [6.07, 6.45) is -0.153. The molecule has 0 amide bonds. The highest BCUT2D eigenvalue weighted by atomic mass is 79.9. The number of hydrogen-bond donors (Lipinski definition) is 1. The molecule has 2 atom stereocenters. The summed E-state index contributed by atoms with van der Waals surface area (Å²) >= 11 is 7.62. The second kappa shape index (κ2) is 8.67. The molecule has 0 bridgehead atoms. The van der Waals surface area contributed by atoms with E-state index in [0.717, 1.165) is 0 Å². The molecule has 0 fully saturated rings. The van der Waals surface area contributed by atoms with E-state index in [2.05, 4.69) is 20.7 Å². The van der Waals surface area contributed by atoms with Crippen molar-refractivity contribution < 1.29 is 18.5 Å². The van der Waals surface area contributed by atoms with Gasteiger partial charge >= 0.3 is 5.97 Å². The molecule has 1 N–H and O–H groups in total. The Labute approximate surface area is 152 Å². The van der Waals surface area contributed by atoms with Crippen LogP contribution in [0.3, 0.4) is 0 Å². The van der Waals surface area contributed by atoms with Crippen LogP contribution in [0.25, 0.3) is 0 Å². The summed E-state index contributed by atoms with van der Waals surface area (Å²) in [4.78, 5) is 11.8. The topological polar surface area (TPSA) is 61.4 Å². The van der Waals surface area contributed by atoms with Crippen LogP contribution >= 0.6 is 27.5 Å². The first-order chi connectivity index (χ1) is 10.6. The van der Waals surface area contributed by atoms with Gasteiger partial charge in [-0.1, -0.05) is 27.5 Å². The van der Waals surface area contributed by atoms with Crippen molar-refractivity contribution in [3.8, 4) is 0 Å². The van der Waals surface area contributed by atoms with Gasteiger partial charge in [0.25, 0.3) is 0 Å². The molecule has 0 radical (unpaired) electrons. The Balaban J connectivity index is 3.16. The molecular weight excluding hydrogens is 409 g/mol. The van der Waals surface area contributed by atoms with Gasteiger partial charge in [-0.05, 0) is 39.8 Å². The fourth-order valence-corrected chi connectivity index (χ4v) is 3.39. The molecule has 0 saturated carbocycles. The first-order valence-corrected chi connectivity index (χ1v) is 9.36. The van der Waals surface area contributed by atoms with Crippen molar-refractivity contribution in [2.24, 2.45) is 0 Å². The Morgan fingerprint density at radius 1 is 1.52 bits per heavy atom. The number of rotatable bonds is 6. The van der Waals surface area contributed by atoms with Gasteiger partial charge in [-0.3, -0.25) is 4.79 Å². The summed E-state index contributed by atoms with van der Waals surface area (Å²) in [5.41, 5.74) is 0.162. The molecule has 1 aromatic carbocycles. The second-order valence-electron chi connectivity index (χ2n) is 5.85. The Hall–Kier alpha value is -0.340. The number of nitrogens with one attached hydrogen (secondary N) is 1. The predicted octanol–water partition coefficient (Wildman–Crippen LogP) is 4.29. The lowest BCUT2D eigenvalue weighted by molar-refractivity contribution is -0.143. The van der Waals surface area contributed by atoms with Crippen molar-refractivity contribution >= 4 is 44.9 Å².